The van der Waals surface area contributed by atoms with Crippen molar-refractivity contribution in [1.82, 2.24) is 0 Å². The standard InChI is InChI=1S/C10H14O/c1-2-3-8-11-9-4-5-10-6-7-10/h4-5,10H,6-9H2,1H3/b5-4+. The molecule has 0 aromatic rings. The molecule has 0 radical (unpaired) electrons. The molecule has 1 fully saturated rings. The second kappa shape index (κ2) is 4.98. The summed E-state index contributed by atoms with van der Waals surface area (Å²) in [5.74, 6) is 6.48. The smallest absolute Gasteiger partial charge is 0.108 e. The third-order valence-electron chi connectivity index (χ3n) is 1.60. The van der Waals surface area contributed by atoms with Crippen LogP contribution in [-0.2, 0) is 4.74 Å². The van der Waals surface area contributed by atoms with Crippen LogP contribution in [0.4, 0.5) is 0 Å². The molecule has 0 aromatic carbocycles. The zero-order chi connectivity index (χ0) is 7.94. The molecule has 0 aromatic heterocycles. The summed E-state index contributed by atoms with van der Waals surface area (Å²) in [6, 6.07) is 0. The Kier molecular flexibility index (Phi) is 3.79. The van der Waals surface area contributed by atoms with E-state index in [1.807, 2.05) is 6.92 Å². The van der Waals surface area contributed by atoms with Crippen LogP contribution >= 0.6 is 0 Å². The Hall–Kier alpha value is -0.740. The zero-order valence-electron chi connectivity index (χ0n) is 6.97. The van der Waals surface area contributed by atoms with Crippen LogP contribution < -0.4 is 0 Å². The van der Waals surface area contributed by atoms with Gasteiger partial charge in [-0.2, -0.15) is 0 Å². The van der Waals surface area contributed by atoms with Gasteiger partial charge in [-0.15, -0.1) is 5.92 Å². The van der Waals surface area contributed by atoms with Gasteiger partial charge >= 0.3 is 0 Å². The number of hydrogen-bond acceptors (Lipinski definition) is 1. The lowest BCUT2D eigenvalue weighted by Crippen LogP contribution is -1.90. The van der Waals surface area contributed by atoms with Crippen molar-refractivity contribution in [2.75, 3.05) is 13.2 Å². The summed E-state index contributed by atoms with van der Waals surface area (Å²) >= 11 is 0. The van der Waals surface area contributed by atoms with Gasteiger partial charge in [-0.25, -0.2) is 0 Å². The Bertz CT molecular complexity index is 179. The minimum absolute atomic E-state index is 0.561. The van der Waals surface area contributed by atoms with E-state index in [0.717, 1.165) is 5.92 Å². The van der Waals surface area contributed by atoms with Crippen LogP contribution in [0.1, 0.15) is 19.8 Å². The maximum absolute atomic E-state index is 5.19. The van der Waals surface area contributed by atoms with Gasteiger partial charge in [-0.05, 0) is 25.7 Å². The van der Waals surface area contributed by atoms with Gasteiger partial charge in [0.1, 0.15) is 6.61 Å². The van der Waals surface area contributed by atoms with Gasteiger partial charge in [0.05, 0.1) is 6.61 Å². The highest BCUT2D eigenvalue weighted by Gasteiger charge is 2.16. The van der Waals surface area contributed by atoms with Crippen molar-refractivity contribution in [2.24, 2.45) is 5.92 Å². The van der Waals surface area contributed by atoms with Crippen molar-refractivity contribution in [3.05, 3.63) is 12.2 Å². The van der Waals surface area contributed by atoms with E-state index in [4.69, 9.17) is 4.74 Å². The van der Waals surface area contributed by atoms with Crippen LogP contribution in [0.5, 0.6) is 0 Å². The summed E-state index contributed by atoms with van der Waals surface area (Å²) < 4.78 is 5.19. The molecule has 0 aliphatic heterocycles. The zero-order valence-corrected chi connectivity index (χ0v) is 6.97. The van der Waals surface area contributed by atoms with Crippen LogP contribution in [-0.4, -0.2) is 13.2 Å². The predicted molar refractivity (Wildman–Crippen MR) is 46.1 cm³/mol. The van der Waals surface area contributed by atoms with Gasteiger partial charge in [0, 0.05) is 0 Å². The topological polar surface area (TPSA) is 9.23 Å². The van der Waals surface area contributed by atoms with Gasteiger partial charge < -0.3 is 4.74 Å². The fraction of sp³-hybridized carbons (Fsp3) is 0.600. The van der Waals surface area contributed by atoms with Gasteiger partial charge in [-0.1, -0.05) is 18.1 Å². The second-order valence-electron chi connectivity index (χ2n) is 2.71. The fourth-order valence-electron chi connectivity index (χ4n) is 0.787. The SMILES string of the molecule is CC#CCOC/C=C/C1CC1. The van der Waals surface area contributed by atoms with E-state index >= 15 is 0 Å². The molecule has 1 heteroatoms. The van der Waals surface area contributed by atoms with Gasteiger partial charge in [-0.3, -0.25) is 0 Å². The second-order valence-corrected chi connectivity index (χ2v) is 2.71. The Morgan fingerprint density at radius 2 is 2.36 bits per heavy atom. The molecule has 0 bridgehead atoms. The van der Waals surface area contributed by atoms with Crippen LogP contribution in [0.25, 0.3) is 0 Å². The summed E-state index contributed by atoms with van der Waals surface area (Å²) in [6.45, 7) is 3.10. The summed E-state index contributed by atoms with van der Waals surface area (Å²) in [6.07, 6.45) is 7.06. The molecule has 0 amide bonds. The Morgan fingerprint density at radius 3 is 3.00 bits per heavy atom. The van der Waals surface area contributed by atoms with Gasteiger partial charge in [0.2, 0.25) is 0 Å². The first-order valence-electron chi connectivity index (χ1n) is 4.07. The number of rotatable bonds is 4. The Balaban J connectivity index is 1.89. The highest BCUT2D eigenvalue weighted by Crippen LogP contribution is 2.29. The summed E-state index contributed by atoms with van der Waals surface area (Å²) in [7, 11) is 0. The third kappa shape index (κ3) is 4.64. The summed E-state index contributed by atoms with van der Waals surface area (Å²) in [5, 5.41) is 0. The maximum atomic E-state index is 5.19. The van der Waals surface area contributed by atoms with E-state index in [9.17, 15) is 0 Å². The lowest BCUT2D eigenvalue weighted by atomic mass is 10.4. The highest BCUT2D eigenvalue weighted by molar-refractivity contribution is 4.97. The minimum Gasteiger partial charge on any atom is -0.365 e. The number of allylic oxidation sites excluding steroid dienone is 1. The van der Waals surface area contributed by atoms with Gasteiger partial charge in [0.15, 0.2) is 0 Å². The summed E-state index contributed by atoms with van der Waals surface area (Å²) in [5.41, 5.74) is 0. The van der Waals surface area contributed by atoms with E-state index in [0.29, 0.717) is 13.2 Å². The molecule has 0 heterocycles. The van der Waals surface area contributed by atoms with Crippen LogP contribution in [0, 0.1) is 17.8 Å². The largest absolute Gasteiger partial charge is 0.365 e. The maximum Gasteiger partial charge on any atom is 0.108 e. The van der Waals surface area contributed by atoms with Crippen molar-refractivity contribution in [3.8, 4) is 11.8 Å². The number of hydrogen-bond donors (Lipinski definition) is 0. The van der Waals surface area contributed by atoms with E-state index in [1.165, 1.54) is 12.8 Å². The first-order chi connectivity index (χ1) is 5.43. The molecule has 60 valence electrons. The minimum atomic E-state index is 0.561. The van der Waals surface area contributed by atoms with Crippen molar-refractivity contribution in [3.63, 3.8) is 0 Å². The fourth-order valence-corrected chi connectivity index (χ4v) is 0.787. The first kappa shape index (κ1) is 8.36. The van der Waals surface area contributed by atoms with E-state index in [1.54, 1.807) is 0 Å². The van der Waals surface area contributed by atoms with Crippen molar-refractivity contribution in [2.45, 2.75) is 19.8 Å². The van der Waals surface area contributed by atoms with E-state index in [-0.39, 0.29) is 0 Å². The lowest BCUT2D eigenvalue weighted by molar-refractivity contribution is 0.199. The molecule has 1 aliphatic carbocycles. The molecule has 0 atom stereocenters. The Labute approximate surface area is 68.4 Å². The lowest BCUT2D eigenvalue weighted by Gasteiger charge is -1.91. The highest BCUT2D eigenvalue weighted by atomic mass is 16.5. The molecule has 1 nitrogen and oxygen atoms in total. The predicted octanol–water partition coefficient (Wildman–Crippen LogP) is 1.99. The average molecular weight is 150 g/mol. The average Bonchev–Trinajstić information content (AvgIpc) is 2.80. The molecule has 0 N–H and O–H groups in total. The van der Waals surface area contributed by atoms with Crippen LogP contribution in [0.15, 0.2) is 12.2 Å². The molecular formula is C10H14O. The monoisotopic (exact) mass is 150 g/mol. The van der Waals surface area contributed by atoms with E-state index < -0.39 is 0 Å². The van der Waals surface area contributed by atoms with Crippen LogP contribution in [0.2, 0.25) is 0 Å². The molecule has 11 heavy (non-hydrogen) atoms. The Morgan fingerprint density at radius 1 is 1.55 bits per heavy atom. The van der Waals surface area contributed by atoms with Crippen LogP contribution in [0.3, 0.4) is 0 Å². The van der Waals surface area contributed by atoms with Crippen molar-refractivity contribution < 1.29 is 4.74 Å². The normalized spacial score (nSPS) is 16.5. The molecular weight excluding hydrogens is 136 g/mol. The molecule has 0 unspecified atom stereocenters. The molecule has 1 rings (SSSR count). The quantitative estimate of drug-likeness (QED) is 0.338. The van der Waals surface area contributed by atoms with Crippen molar-refractivity contribution >= 4 is 0 Å². The molecule has 1 saturated carbocycles. The molecule has 0 saturated heterocycles. The molecule has 1 aliphatic rings. The first-order valence-corrected chi connectivity index (χ1v) is 4.07. The van der Waals surface area contributed by atoms with E-state index in [2.05, 4.69) is 24.0 Å². The van der Waals surface area contributed by atoms with Gasteiger partial charge in [0.25, 0.3) is 0 Å². The third-order valence-corrected chi connectivity index (χ3v) is 1.60. The van der Waals surface area contributed by atoms with Crippen molar-refractivity contribution in [1.29, 1.82) is 0 Å². The number of ether oxygens (including phenoxy) is 1. The molecule has 0 spiro atoms. The summed E-state index contributed by atoms with van der Waals surface area (Å²) in [4.78, 5) is 0.